The molecule has 0 aromatic carbocycles. The summed E-state index contributed by atoms with van der Waals surface area (Å²) >= 11 is 0. The minimum atomic E-state index is -1.29. The van der Waals surface area contributed by atoms with Crippen LogP contribution >= 0.6 is 0 Å². The molecular formula is C4H8NNaO4. The maximum atomic E-state index is 9.85. The summed E-state index contributed by atoms with van der Waals surface area (Å²) in [5, 5.41) is 16.0. The summed E-state index contributed by atoms with van der Waals surface area (Å²) in [6.45, 7) is 0. The number of carbonyl (C=O) groups is 2. The molecule has 0 bridgehead atoms. The minimum absolute atomic E-state index is 0. The number of aliphatic carboxylic acids is 2. The Morgan fingerprint density at radius 3 is 1.90 bits per heavy atom. The molecule has 0 radical (unpaired) electrons. The molecular weight excluding hydrogens is 149 g/mol. The summed E-state index contributed by atoms with van der Waals surface area (Å²) in [5.41, 5.74) is 4.84. The Morgan fingerprint density at radius 2 is 1.80 bits per heavy atom. The molecule has 0 heterocycles. The van der Waals surface area contributed by atoms with E-state index in [4.69, 9.17) is 15.9 Å². The molecule has 0 rings (SSSR count). The molecule has 0 aromatic heterocycles. The normalized spacial score (nSPS) is 11.3. The van der Waals surface area contributed by atoms with Crippen LogP contribution in [0, 0.1) is 0 Å². The molecule has 10 heavy (non-hydrogen) atoms. The van der Waals surface area contributed by atoms with E-state index in [1.165, 1.54) is 0 Å². The molecule has 54 valence electrons. The second-order valence-corrected chi connectivity index (χ2v) is 1.54. The van der Waals surface area contributed by atoms with Gasteiger partial charge in [-0.1, -0.05) is 0 Å². The predicted molar refractivity (Wildman–Crippen MR) is 35.0 cm³/mol. The van der Waals surface area contributed by atoms with Crippen molar-refractivity contribution < 1.29 is 19.8 Å². The Bertz CT molecular complexity index is 137. The van der Waals surface area contributed by atoms with Crippen molar-refractivity contribution in [3.8, 4) is 0 Å². The molecule has 0 fully saturated rings. The number of rotatable bonds is 3. The first-order valence-electron chi connectivity index (χ1n) is 2.24. The van der Waals surface area contributed by atoms with E-state index in [9.17, 15) is 9.59 Å². The Kier molecular flexibility index (Phi) is 7.12. The van der Waals surface area contributed by atoms with Crippen LogP contribution in [0.15, 0.2) is 0 Å². The van der Waals surface area contributed by atoms with Crippen LogP contribution in [0.5, 0.6) is 0 Å². The topological polar surface area (TPSA) is 101 Å². The van der Waals surface area contributed by atoms with E-state index < -0.39 is 24.4 Å². The molecule has 0 saturated carbocycles. The Hall–Kier alpha value is -0.100. The van der Waals surface area contributed by atoms with Gasteiger partial charge in [0.15, 0.2) is 0 Å². The quantitative estimate of drug-likeness (QED) is 0.420. The fourth-order valence-electron chi connectivity index (χ4n) is 0.275. The molecule has 5 nitrogen and oxygen atoms in total. The van der Waals surface area contributed by atoms with Gasteiger partial charge < -0.3 is 15.9 Å². The van der Waals surface area contributed by atoms with Crippen molar-refractivity contribution in [1.29, 1.82) is 0 Å². The molecule has 1 atom stereocenters. The zero-order chi connectivity index (χ0) is 7.44. The van der Waals surface area contributed by atoms with Gasteiger partial charge in [0, 0.05) is 0 Å². The third-order valence-corrected chi connectivity index (χ3v) is 0.712. The maximum absolute atomic E-state index is 9.85. The molecule has 0 spiro atoms. The van der Waals surface area contributed by atoms with Gasteiger partial charge in [0.05, 0.1) is 6.42 Å². The fraction of sp³-hybridized carbons (Fsp3) is 0.500. The van der Waals surface area contributed by atoms with Crippen molar-refractivity contribution >= 4 is 41.5 Å². The predicted octanol–water partition coefficient (Wildman–Crippen LogP) is -1.78. The molecule has 0 saturated heterocycles. The summed E-state index contributed by atoms with van der Waals surface area (Å²) in [6.07, 6.45) is -0.532. The van der Waals surface area contributed by atoms with Crippen LogP contribution in [0.2, 0.25) is 0 Å². The zero-order valence-electron chi connectivity index (χ0n) is 4.57. The Morgan fingerprint density at radius 1 is 1.40 bits per heavy atom. The fourth-order valence-corrected chi connectivity index (χ4v) is 0.275. The van der Waals surface area contributed by atoms with E-state index in [0.717, 1.165) is 0 Å². The second-order valence-electron chi connectivity index (χ2n) is 1.54. The van der Waals surface area contributed by atoms with Crippen molar-refractivity contribution in [2.75, 3.05) is 0 Å². The van der Waals surface area contributed by atoms with Gasteiger partial charge in [-0.3, -0.25) is 9.59 Å². The first kappa shape index (κ1) is 12.6. The van der Waals surface area contributed by atoms with Crippen LogP contribution in [-0.2, 0) is 9.59 Å². The monoisotopic (exact) mass is 157 g/mol. The summed E-state index contributed by atoms with van der Waals surface area (Å²) in [5.74, 6) is -2.50. The van der Waals surface area contributed by atoms with E-state index in [1.54, 1.807) is 0 Å². The zero-order valence-corrected chi connectivity index (χ0v) is 4.57. The molecule has 6 heteroatoms. The number of nitrogens with two attached hydrogens (primary N) is 1. The SMILES string of the molecule is N[C@@H](CC(=O)O)C(=O)O.[NaH]. The van der Waals surface area contributed by atoms with Crippen molar-refractivity contribution in [2.24, 2.45) is 5.73 Å². The van der Waals surface area contributed by atoms with Gasteiger partial charge in [0.25, 0.3) is 0 Å². The van der Waals surface area contributed by atoms with E-state index in [-0.39, 0.29) is 29.6 Å². The molecule has 0 aromatic rings. The summed E-state index contributed by atoms with van der Waals surface area (Å²) in [7, 11) is 0. The number of carboxylic acid groups (broad SMARTS) is 2. The van der Waals surface area contributed by atoms with Crippen molar-refractivity contribution in [3.63, 3.8) is 0 Å². The van der Waals surface area contributed by atoms with Crippen LogP contribution in [0.4, 0.5) is 0 Å². The van der Waals surface area contributed by atoms with Gasteiger partial charge in [-0.2, -0.15) is 0 Å². The van der Waals surface area contributed by atoms with Crippen LogP contribution in [0.3, 0.4) is 0 Å². The van der Waals surface area contributed by atoms with Gasteiger partial charge in [0.2, 0.25) is 0 Å². The second kappa shape index (κ2) is 5.67. The third kappa shape index (κ3) is 6.03. The number of hydrogen-bond donors (Lipinski definition) is 3. The van der Waals surface area contributed by atoms with E-state index >= 15 is 0 Å². The number of carboxylic acids is 2. The molecule has 0 aliphatic rings. The van der Waals surface area contributed by atoms with Crippen LogP contribution in [-0.4, -0.2) is 57.8 Å². The van der Waals surface area contributed by atoms with E-state index in [0.29, 0.717) is 0 Å². The number of hydrogen-bond acceptors (Lipinski definition) is 3. The van der Waals surface area contributed by atoms with Crippen LogP contribution in [0.25, 0.3) is 0 Å². The van der Waals surface area contributed by atoms with Crippen molar-refractivity contribution in [3.05, 3.63) is 0 Å². The van der Waals surface area contributed by atoms with Crippen molar-refractivity contribution in [2.45, 2.75) is 12.5 Å². The van der Waals surface area contributed by atoms with E-state index in [2.05, 4.69) is 0 Å². The third-order valence-electron chi connectivity index (χ3n) is 0.712. The molecule has 0 aliphatic carbocycles. The average molecular weight is 157 g/mol. The van der Waals surface area contributed by atoms with Gasteiger partial charge in [-0.05, 0) is 0 Å². The summed E-state index contributed by atoms with van der Waals surface area (Å²) in [4.78, 5) is 19.6. The molecule has 0 aliphatic heterocycles. The van der Waals surface area contributed by atoms with Gasteiger partial charge in [0.1, 0.15) is 6.04 Å². The first-order chi connectivity index (χ1) is 4.04. The van der Waals surface area contributed by atoms with Crippen molar-refractivity contribution in [1.82, 2.24) is 0 Å². The van der Waals surface area contributed by atoms with Gasteiger partial charge in [-0.15, -0.1) is 0 Å². The standard InChI is InChI=1S/C4H7NO4.Na.H/c5-2(4(8)9)1-3(6)7;;/h2H,1,5H2,(H,6,7)(H,8,9);;/t2-;;/m0../s1. The Labute approximate surface area is 79.5 Å². The molecule has 0 amide bonds. The summed E-state index contributed by atoms with van der Waals surface area (Å²) in [6, 6.07) is -1.29. The van der Waals surface area contributed by atoms with Crippen LogP contribution in [0.1, 0.15) is 6.42 Å². The van der Waals surface area contributed by atoms with Gasteiger partial charge >= 0.3 is 41.5 Å². The summed E-state index contributed by atoms with van der Waals surface area (Å²) < 4.78 is 0. The van der Waals surface area contributed by atoms with E-state index in [1.807, 2.05) is 0 Å². The van der Waals surface area contributed by atoms with Crippen LogP contribution < -0.4 is 5.73 Å². The van der Waals surface area contributed by atoms with Gasteiger partial charge in [-0.25, -0.2) is 0 Å². The molecule has 0 unspecified atom stereocenters. The average Bonchev–Trinajstić information content (AvgIpc) is 1.63. The first-order valence-corrected chi connectivity index (χ1v) is 2.24. The Balaban J connectivity index is 0. The molecule has 4 N–H and O–H groups in total.